The summed E-state index contributed by atoms with van der Waals surface area (Å²) < 4.78 is 5.82. The first-order chi connectivity index (χ1) is 13.7. The van der Waals surface area contributed by atoms with E-state index in [1.165, 1.54) is 11.1 Å². The summed E-state index contributed by atoms with van der Waals surface area (Å²) in [7, 11) is 0. The topological polar surface area (TPSA) is 41.9 Å². The van der Waals surface area contributed by atoms with Crippen molar-refractivity contribution in [2.45, 2.75) is 65.3 Å². The van der Waals surface area contributed by atoms with Gasteiger partial charge >= 0.3 is 0 Å². The lowest BCUT2D eigenvalue weighted by molar-refractivity contribution is -0.113. The molecule has 0 aromatic heterocycles. The number of benzene rings is 2. The van der Waals surface area contributed by atoms with Gasteiger partial charge < -0.3 is 9.64 Å². The number of rotatable bonds is 4. The lowest BCUT2D eigenvalue weighted by Gasteiger charge is -2.43. The van der Waals surface area contributed by atoms with Crippen molar-refractivity contribution in [1.29, 1.82) is 0 Å². The number of carbonyl (C=O) groups excluding carboxylic acids is 1. The summed E-state index contributed by atoms with van der Waals surface area (Å²) >= 11 is 0. The van der Waals surface area contributed by atoms with Crippen LogP contribution in [0.3, 0.4) is 0 Å². The second kappa shape index (κ2) is 7.01. The quantitative estimate of drug-likeness (QED) is 0.646. The normalized spacial score (nSPS) is 21.1. The average molecular weight is 391 g/mol. The minimum atomic E-state index is -0.246. The van der Waals surface area contributed by atoms with Gasteiger partial charge in [-0.1, -0.05) is 32.9 Å². The highest BCUT2D eigenvalue weighted by atomic mass is 16.5. The van der Waals surface area contributed by atoms with E-state index in [9.17, 15) is 4.79 Å². The number of anilines is 1. The molecule has 1 amide bonds. The zero-order valence-electron chi connectivity index (χ0n) is 18.2. The molecule has 1 atom stereocenters. The fourth-order valence-electron chi connectivity index (χ4n) is 4.71. The fourth-order valence-corrected chi connectivity index (χ4v) is 4.71. The van der Waals surface area contributed by atoms with Gasteiger partial charge in [0.05, 0.1) is 18.0 Å². The third kappa shape index (κ3) is 3.25. The van der Waals surface area contributed by atoms with Crippen LogP contribution in [0.4, 0.5) is 11.4 Å². The molecule has 4 nitrogen and oxygen atoms in total. The van der Waals surface area contributed by atoms with Gasteiger partial charge in [-0.3, -0.25) is 4.79 Å². The lowest BCUT2D eigenvalue weighted by Crippen LogP contribution is -2.50. The molecule has 0 radical (unpaired) electrons. The van der Waals surface area contributed by atoms with Gasteiger partial charge in [0.2, 0.25) is 0 Å². The predicted molar refractivity (Wildman–Crippen MR) is 119 cm³/mol. The Morgan fingerprint density at radius 3 is 2.52 bits per heavy atom. The van der Waals surface area contributed by atoms with Gasteiger partial charge in [-0.2, -0.15) is 0 Å². The Bertz CT molecular complexity index is 987. The minimum absolute atomic E-state index is 0.0141. The van der Waals surface area contributed by atoms with E-state index < -0.39 is 0 Å². The van der Waals surface area contributed by atoms with Gasteiger partial charge in [-0.25, -0.2) is 4.99 Å². The van der Waals surface area contributed by atoms with Crippen LogP contribution in [0.25, 0.3) is 0 Å². The molecule has 2 aliphatic heterocycles. The number of carbonyl (C=O) groups is 1. The SMILES string of the molecule is CCOc1cc2c3c(c1)[C@H](C)CC(C)(C)N3C(=O)C2=Nc1ccc(C(C)C)cc1. The molecule has 0 bridgehead atoms. The summed E-state index contributed by atoms with van der Waals surface area (Å²) in [5, 5.41) is 0. The van der Waals surface area contributed by atoms with E-state index in [2.05, 4.69) is 52.8 Å². The molecular weight excluding hydrogens is 360 g/mol. The molecular formula is C25H30N2O2. The van der Waals surface area contributed by atoms with Gasteiger partial charge in [-0.05, 0) is 74.4 Å². The third-order valence-corrected chi connectivity index (χ3v) is 6.05. The number of hydrogen-bond acceptors (Lipinski definition) is 3. The summed E-state index contributed by atoms with van der Waals surface area (Å²) in [5.74, 6) is 1.62. The summed E-state index contributed by atoms with van der Waals surface area (Å²) in [4.78, 5) is 20.3. The van der Waals surface area contributed by atoms with Crippen molar-refractivity contribution in [3.8, 4) is 5.75 Å². The van der Waals surface area contributed by atoms with E-state index in [1.807, 2.05) is 30.0 Å². The summed E-state index contributed by atoms with van der Waals surface area (Å²) in [6, 6.07) is 12.3. The molecule has 0 fully saturated rings. The number of nitrogens with zero attached hydrogens (tertiary/aromatic N) is 2. The molecule has 2 aromatic carbocycles. The maximum atomic E-state index is 13.5. The molecule has 0 saturated heterocycles. The van der Waals surface area contributed by atoms with Crippen molar-refractivity contribution in [2.24, 2.45) is 4.99 Å². The van der Waals surface area contributed by atoms with Crippen LogP contribution in [-0.4, -0.2) is 23.8 Å². The number of aliphatic imine (C=N–C) groups is 1. The van der Waals surface area contributed by atoms with Gasteiger partial charge in [0.15, 0.2) is 0 Å². The maximum absolute atomic E-state index is 13.5. The first kappa shape index (κ1) is 19.7. The Kier molecular flexibility index (Phi) is 4.76. The number of amides is 1. The molecule has 29 heavy (non-hydrogen) atoms. The van der Waals surface area contributed by atoms with E-state index in [4.69, 9.17) is 9.73 Å². The molecule has 2 heterocycles. The van der Waals surface area contributed by atoms with Crippen LogP contribution in [0.5, 0.6) is 5.75 Å². The van der Waals surface area contributed by atoms with Crippen molar-refractivity contribution in [1.82, 2.24) is 0 Å². The smallest absolute Gasteiger partial charge is 0.278 e. The summed E-state index contributed by atoms with van der Waals surface area (Å²) in [6.07, 6.45) is 0.914. The largest absolute Gasteiger partial charge is 0.494 e. The third-order valence-electron chi connectivity index (χ3n) is 6.05. The minimum Gasteiger partial charge on any atom is -0.494 e. The van der Waals surface area contributed by atoms with Gasteiger partial charge in [0, 0.05) is 11.1 Å². The Morgan fingerprint density at radius 1 is 1.21 bits per heavy atom. The molecule has 0 unspecified atom stereocenters. The van der Waals surface area contributed by atoms with Crippen LogP contribution in [0, 0.1) is 0 Å². The Labute approximate surface area is 173 Å². The number of hydrogen-bond donors (Lipinski definition) is 0. The van der Waals surface area contributed by atoms with Crippen molar-refractivity contribution < 1.29 is 9.53 Å². The van der Waals surface area contributed by atoms with Crippen LogP contribution in [0.1, 0.15) is 76.5 Å². The van der Waals surface area contributed by atoms with Crippen LogP contribution >= 0.6 is 0 Å². The van der Waals surface area contributed by atoms with E-state index in [-0.39, 0.29) is 11.4 Å². The van der Waals surface area contributed by atoms with Crippen LogP contribution in [-0.2, 0) is 4.79 Å². The molecule has 0 saturated carbocycles. The maximum Gasteiger partial charge on any atom is 0.278 e. The van der Waals surface area contributed by atoms with Gasteiger partial charge in [0.1, 0.15) is 11.5 Å². The highest BCUT2D eigenvalue weighted by molar-refractivity contribution is 6.55. The zero-order chi connectivity index (χ0) is 20.9. The fraction of sp³-hybridized carbons (Fsp3) is 0.440. The Hall–Kier alpha value is -2.62. The second-order valence-corrected chi connectivity index (χ2v) is 9.11. The standard InChI is InChI=1S/C25H30N2O2/c1-7-29-19-12-20-16(4)14-25(5,6)27-23(20)21(13-19)22(24(27)28)26-18-10-8-17(9-11-18)15(2)3/h8-13,15-16H,7,14H2,1-6H3/t16-/m1/s1. The first-order valence-electron chi connectivity index (χ1n) is 10.6. The van der Waals surface area contributed by atoms with E-state index in [0.717, 1.165) is 29.1 Å². The van der Waals surface area contributed by atoms with Crippen molar-refractivity contribution in [2.75, 3.05) is 11.5 Å². The zero-order valence-corrected chi connectivity index (χ0v) is 18.2. The predicted octanol–water partition coefficient (Wildman–Crippen LogP) is 5.96. The van der Waals surface area contributed by atoms with Crippen molar-refractivity contribution in [3.63, 3.8) is 0 Å². The molecule has 0 aliphatic carbocycles. The molecule has 0 N–H and O–H groups in total. The molecule has 2 aromatic rings. The highest BCUT2D eigenvalue weighted by Crippen LogP contribution is 2.50. The summed E-state index contributed by atoms with van der Waals surface area (Å²) in [5.41, 5.74) is 5.43. The molecule has 4 rings (SSSR count). The van der Waals surface area contributed by atoms with Gasteiger partial charge in [0.25, 0.3) is 5.91 Å². The molecule has 4 heteroatoms. The first-order valence-corrected chi connectivity index (χ1v) is 10.6. The van der Waals surface area contributed by atoms with E-state index >= 15 is 0 Å². The average Bonchev–Trinajstić information content (AvgIpc) is 2.93. The molecule has 0 spiro atoms. The van der Waals surface area contributed by atoms with E-state index in [0.29, 0.717) is 24.2 Å². The second-order valence-electron chi connectivity index (χ2n) is 9.11. The van der Waals surface area contributed by atoms with Crippen LogP contribution in [0.2, 0.25) is 0 Å². The van der Waals surface area contributed by atoms with Gasteiger partial charge in [-0.15, -0.1) is 0 Å². The summed E-state index contributed by atoms with van der Waals surface area (Å²) in [6.45, 7) is 13.4. The number of ether oxygens (including phenoxy) is 1. The highest BCUT2D eigenvalue weighted by Gasteiger charge is 2.48. The molecule has 2 aliphatic rings. The van der Waals surface area contributed by atoms with Crippen LogP contribution < -0.4 is 9.64 Å². The Morgan fingerprint density at radius 2 is 1.90 bits per heavy atom. The van der Waals surface area contributed by atoms with E-state index in [1.54, 1.807) is 0 Å². The van der Waals surface area contributed by atoms with Crippen LogP contribution in [0.15, 0.2) is 41.4 Å². The van der Waals surface area contributed by atoms with Crippen molar-refractivity contribution >= 4 is 23.0 Å². The monoisotopic (exact) mass is 390 g/mol. The van der Waals surface area contributed by atoms with Crippen molar-refractivity contribution in [3.05, 3.63) is 53.1 Å². The molecule has 152 valence electrons. The Balaban J connectivity index is 1.88. The lowest BCUT2D eigenvalue weighted by atomic mass is 9.80.